The van der Waals surface area contributed by atoms with Crippen molar-refractivity contribution in [2.45, 2.75) is 44.7 Å². The van der Waals surface area contributed by atoms with Crippen LogP contribution in [0.1, 0.15) is 45.8 Å². The Kier molecular flexibility index (Phi) is 7.01. The summed E-state index contributed by atoms with van der Waals surface area (Å²) < 4.78 is 40.7. The molecule has 0 radical (unpaired) electrons. The maximum Gasteiger partial charge on any atom is 0.405 e. The van der Waals surface area contributed by atoms with Gasteiger partial charge in [-0.15, -0.1) is 11.3 Å². The van der Waals surface area contributed by atoms with E-state index in [1.807, 2.05) is 0 Å². The topological polar surface area (TPSA) is 84.5 Å². The molecular weight excluding hydrogens is 373 g/mol. The average Bonchev–Trinajstić information content (AvgIpc) is 2.92. The highest BCUT2D eigenvalue weighted by atomic mass is 32.1. The number of esters is 1. The zero-order chi connectivity index (χ0) is 19.2. The molecule has 1 aromatic rings. The molecule has 1 aromatic heterocycles. The van der Waals surface area contributed by atoms with Gasteiger partial charge in [-0.05, 0) is 37.3 Å². The summed E-state index contributed by atoms with van der Waals surface area (Å²) in [6.07, 6.45) is 1.68. The second-order valence-corrected chi connectivity index (χ2v) is 7.03. The van der Waals surface area contributed by atoms with Crippen LogP contribution in [0.4, 0.5) is 18.0 Å². The quantitative estimate of drug-likeness (QED) is 0.772. The summed E-state index contributed by atoms with van der Waals surface area (Å²) in [5.41, 5.74) is 1.12. The minimum Gasteiger partial charge on any atom is -0.451 e. The predicted octanol–water partition coefficient (Wildman–Crippen LogP) is 2.95. The summed E-state index contributed by atoms with van der Waals surface area (Å²) in [5.74, 6) is -1.69. The van der Waals surface area contributed by atoms with Crippen molar-refractivity contribution in [1.82, 2.24) is 10.6 Å². The molecule has 2 rings (SSSR count). The monoisotopic (exact) mass is 392 g/mol. The standard InChI is InChI=1S/C16H19F3N2O4S/c17-16(18,19)9-20-15(24)21-13(22)8-25-14(23)12-7-10-5-3-1-2-4-6-11(10)26-12/h7H,1-6,8-9H2,(H2,20,21,22,24). The third-order valence-corrected chi connectivity index (χ3v) is 4.95. The molecule has 1 heterocycles. The molecule has 26 heavy (non-hydrogen) atoms. The number of carbonyl (C=O) groups excluding carboxylic acids is 3. The number of halogens is 3. The number of thiophene rings is 1. The molecule has 3 amide bonds. The van der Waals surface area contributed by atoms with Gasteiger partial charge in [-0.1, -0.05) is 12.8 Å². The third kappa shape index (κ3) is 6.66. The van der Waals surface area contributed by atoms with E-state index in [-0.39, 0.29) is 0 Å². The van der Waals surface area contributed by atoms with E-state index in [4.69, 9.17) is 4.74 Å². The highest BCUT2D eigenvalue weighted by Crippen LogP contribution is 2.28. The lowest BCUT2D eigenvalue weighted by Gasteiger charge is -2.09. The Morgan fingerprint density at radius 3 is 2.50 bits per heavy atom. The fourth-order valence-electron chi connectivity index (χ4n) is 2.53. The molecule has 0 fully saturated rings. The van der Waals surface area contributed by atoms with Gasteiger partial charge in [0.25, 0.3) is 5.91 Å². The Morgan fingerprint density at radius 1 is 1.12 bits per heavy atom. The first kappa shape index (κ1) is 20.2. The molecule has 0 aromatic carbocycles. The molecule has 0 atom stereocenters. The summed E-state index contributed by atoms with van der Waals surface area (Å²) in [7, 11) is 0. The fourth-order valence-corrected chi connectivity index (χ4v) is 3.68. The molecule has 0 saturated carbocycles. The zero-order valence-corrected chi connectivity index (χ0v) is 14.7. The van der Waals surface area contributed by atoms with Crippen LogP contribution in [-0.2, 0) is 22.4 Å². The van der Waals surface area contributed by atoms with E-state index < -0.39 is 37.2 Å². The lowest BCUT2D eigenvalue weighted by Crippen LogP contribution is -2.44. The molecule has 0 unspecified atom stereocenters. The SMILES string of the molecule is O=C(COC(=O)c1cc2c(s1)CCCCCC2)NC(=O)NCC(F)(F)F. The summed E-state index contributed by atoms with van der Waals surface area (Å²) in [6.45, 7) is -2.31. The van der Waals surface area contributed by atoms with Crippen LogP contribution in [0, 0.1) is 0 Å². The number of amides is 3. The lowest BCUT2D eigenvalue weighted by molar-refractivity contribution is -0.125. The van der Waals surface area contributed by atoms with Gasteiger partial charge in [-0.25, -0.2) is 9.59 Å². The van der Waals surface area contributed by atoms with Crippen LogP contribution in [0.3, 0.4) is 0 Å². The summed E-state index contributed by atoms with van der Waals surface area (Å²) >= 11 is 1.33. The largest absolute Gasteiger partial charge is 0.451 e. The molecule has 144 valence electrons. The van der Waals surface area contributed by atoms with Crippen molar-refractivity contribution in [3.63, 3.8) is 0 Å². The van der Waals surface area contributed by atoms with E-state index >= 15 is 0 Å². The number of imide groups is 1. The number of aryl methyl sites for hydroxylation is 2. The van der Waals surface area contributed by atoms with Crippen molar-refractivity contribution < 1.29 is 32.3 Å². The second-order valence-electron chi connectivity index (χ2n) is 5.90. The zero-order valence-electron chi connectivity index (χ0n) is 13.9. The van der Waals surface area contributed by atoms with Gasteiger partial charge in [0.1, 0.15) is 11.4 Å². The minimum absolute atomic E-state index is 0.381. The maximum absolute atomic E-state index is 12.0. The molecule has 1 aliphatic carbocycles. The van der Waals surface area contributed by atoms with E-state index in [0.717, 1.165) is 49.0 Å². The van der Waals surface area contributed by atoms with Crippen LogP contribution in [0.25, 0.3) is 0 Å². The number of carbonyl (C=O) groups is 3. The number of urea groups is 1. The van der Waals surface area contributed by atoms with Crippen LogP contribution < -0.4 is 10.6 Å². The van der Waals surface area contributed by atoms with E-state index in [9.17, 15) is 27.6 Å². The molecule has 6 nitrogen and oxygen atoms in total. The van der Waals surface area contributed by atoms with E-state index in [2.05, 4.69) is 0 Å². The van der Waals surface area contributed by atoms with Crippen LogP contribution in [-0.4, -0.2) is 37.2 Å². The van der Waals surface area contributed by atoms with Crippen molar-refractivity contribution >= 4 is 29.2 Å². The number of rotatable bonds is 4. The van der Waals surface area contributed by atoms with Crippen LogP contribution in [0.15, 0.2) is 6.07 Å². The molecule has 0 aliphatic heterocycles. The average molecular weight is 392 g/mol. The van der Waals surface area contributed by atoms with Crippen molar-refractivity contribution in [2.75, 3.05) is 13.2 Å². The minimum atomic E-state index is -4.58. The molecule has 0 spiro atoms. The van der Waals surface area contributed by atoms with Gasteiger partial charge in [-0.3, -0.25) is 10.1 Å². The van der Waals surface area contributed by atoms with Gasteiger partial charge in [0.15, 0.2) is 6.61 Å². The molecule has 0 saturated heterocycles. The highest BCUT2D eigenvalue weighted by Gasteiger charge is 2.28. The fraction of sp³-hybridized carbons (Fsp3) is 0.562. The molecule has 1 aliphatic rings. The molecule has 2 N–H and O–H groups in total. The number of fused-ring (bicyclic) bond motifs is 1. The smallest absolute Gasteiger partial charge is 0.405 e. The van der Waals surface area contributed by atoms with Crippen molar-refractivity contribution in [1.29, 1.82) is 0 Å². The van der Waals surface area contributed by atoms with Gasteiger partial charge in [0.05, 0.1) is 0 Å². The van der Waals surface area contributed by atoms with Gasteiger partial charge in [0, 0.05) is 4.88 Å². The molecule has 0 bridgehead atoms. The highest BCUT2D eigenvalue weighted by molar-refractivity contribution is 7.14. The lowest BCUT2D eigenvalue weighted by atomic mass is 10.00. The summed E-state index contributed by atoms with van der Waals surface area (Å²) in [6, 6.07) is 0.462. The number of hydrogen-bond donors (Lipinski definition) is 2. The Labute approximate surface area is 152 Å². The van der Waals surface area contributed by atoms with E-state index in [0.29, 0.717) is 4.88 Å². The third-order valence-electron chi connectivity index (χ3n) is 3.73. The van der Waals surface area contributed by atoms with Gasteiger partial charge < -0.3 is 10.1 Å². The van der Waals surface area contributed by atoms with Crippen LogP contribution >= 0.6 is 11.3 Å². The van der Waals surface area contributed by atoms with E-state index in [1.54, 1.807) is 11.4 Å². The van der Waals surface area contributed by atoms with Crippen molar-refractivity contribution in [3.05, 3.63) is 21.4 Å². The maximum atomic E-state index is 12.0. The predicted molar refractivity (Wildman–Crippen MR) is 88.1 cm³/mol. The summed E-state index contributed by atoms with van der Waals surface area (Å²) in [5, 5.41) is 3.15. The Morgan fingerprint density at radius 2 is 1.81 bits per heavy atom. The van der Waals surface area contributed by atoms with Crippen molar-refractivity contribution in [2.24, 2.45) is 0 Å². The number of ether oxygens (including phenoxy) is 1. The van der Waals surface area contributed by atoms with Crippen LogP contribution in [0.2, 0.25) is 0 Å². The first-order chi connectivity index (χ1) is 12.2. The Balaban J connectivity index is 1.80. The Hall–Kier alpha value is -2.10. The summed E-state index contributed by atoms with van der Waals surface area (Å²) in [4.78, 5) is 36.2. The van der Waals surface area contributed by atoms with Crippen molar-refractivity contribution in [3.8, 4) is 0 Å². The Bertz CT molecular complexity index is 647. The molecule has 10 heteroatoms. The number of nitrogens with one attached hydrogen (secondary N) is 2. The van der Waals surface area contributed by atoms with Crippen LogP contribution in [0.5, 0.6) is 0 Å². The molecular formula is C16H19F3N2O4S. The van der Waals surface area contributed by atoms with Gasteiger partial charge in [-0.2, -0.15) is 13.2 Å². The normalized spacial score (nSPS) is 14.6. The second kappa shape index (κ2) is 9.02. The number of alkyl halides is 3. The van der Waals surface area contributed by atoms with Gasteiger partial charge in [0.2, 0.25) is 0 Å². The first-order valence-electron chi connectivity index (χ1n) is 8.18. The van der Waals surface area contributed by atoms with E-state index in [1.165, 1.54) is 16.7 Å². The first-order valence-corrected chi connectivity index (χ1v) is 8.99. The van der Waals surface area contributed by atoms with Gasteiger partial charge >= 0.3 is 18.2 Å². The number of hydrogen-bond acceptors (Lipinski definition) is 5.